The van der Waals surface area contributed by atoms with Crippen molar-refractivity contribution >= 4 is 11.9 Å². The number of carboxylic acids is 1. The number of hydrogen-bond donors (Lipinski definition) is 2. The van der Waals surface area contributed by atoms with Gasteiger partial charge in [0.1, 0.15) is 5.82 Å². The standard InChI is InChI=1S/C11H18N4O2/c1-6-4-7(8(5-6)10(16)17)9-13-14-11(12-2)15(9)3/h6-8H,4-5H2,1-3H3,(H,12,14)(H,16,17). The van der Waals surface area contributed by atoms with Crippen LogP contribution in [0.15, 0.2) is 0 Å². The average Bonchev–Trinajstić information content (AvgIpc) is 2.81. The molecule has 0 aromatic carbocycles. The first-order valence-corrected chi connectivity index (χ1v) is 5.84. The zero-order valence-corrected chi connectivity index (χ0v) is 10.3. The third-order valence-corrected chi connectivity index (χ3v) is 3.58. The van der Waals surface area contributed by atoms with Crippen LogP contribution in [0.4, 0.5) is 5.95 Å². The van der Waals surface area contributed by atoms with Gasteiger partial charge >= 0.3 is 5.97 Å². The molecule has 0 spiro atoms. The first-order chi connectivity index (χ1) is 8.04. The quantitative estimate of drug-likeness (QED) is 0.823. The SMILES string of the molecule is CNc1nnc(C2CC(C)CC2C(=O)O)n1C. The summed E-state index contributed by atoms with van der Waals surface area (Å²) in [6.07, 6.45) is 1.59. The first-order valence-electron chi connectivity index (χ1n) is 5.84. The van der Waals surface area contributed by atoms with Crippen molar-refractivity contribution in [1.82, 2.24) is 14.8 Å². The molecule has 2 N–H and O–H groups in total. The van der Waals surface area contributed by atoms with Crippen molar-refractivity contribution in [3.8, 4) is 0 Å². The van der Waals surface area contributed by atoms with Crippen molar-refractivity contribution in [2.24, 2.45) is 18.9 Å². The summed E-state index contributed by atoms with van der Waals surface area (Å²) >= 11 is 0. The van der Waals surface area contributed by atoms with Gasteiger partial charge in [-0.25, -0.2) is 0 Å². The van der Waals surface area contributed by atoms with E-state index in [1.165, 1.54) is 0 Å². The lowest BCUT2D eigenvalue weighted by molar-refractivity contribution is -0.142. The Balaban J connectivity index is 2.31. The van der Waals surface area contributed by atoms with Crippen LogP contribution in [0.2, 0.25) is 0 Å². The van der Waals surface area contributed by atoms with E-state index in [2.05, 4.69) is 22.4 Å². The van der Waals surface area contributed by atoms with E-state index in [4.69, 9.17) is 0 Å². The number of aromatic nitrogens is 3. The molecule has 94 valence electrons. The van der Waals surface area contributed by atoms with E-state index in [9.17, 15) is 9.90 Å². The van der Waals surface area contributed by atoms with Gasteiger partial charge in [0, 0.05) is 20.0 Å². The minimum Gasteiger partial charge on any atom is -0.481 e. The number of rotatable bonds is 3. The van der Waals surface area contributed by atoms with Crippen molar-refractivity contribution in [3.05, 3.63) is 5.82 Å². The van der Waals surface area contributed by atoms with Gasteiger partial charge < -0.3 is 15.0 Å². The normalized spacial score (nSPS) is 28.3. The zero-order chi connectivity index (χ0) is 12.6. The van der Waals surface area contributed by atoms with Crippen LogP contribution in [0.1, 0.15) is 31.5 Å². The van der Waals surface area contributed by atoms with E-state index in [-0.39, 0.29) is 11.8 Å². The molecule has 0 amide bonds. The molecule has 2 rings (SSSR count). The Labute approximate surface area is 100 Å². The van der Waals surface area contributed by atoms with E-state index in [0.29, 0.717) is 11.9 Å². The van der Waals surface area contributed by atoms with Crippen LogP contribution in [0, 0.1) is 11.8 Å². The molecule has 1 saturated carbocycles. The van der Waals surface area contributed by atoms with E-state index in [0.717, 1.165) is 18.7 Å². The maximum atomic E-state index is 11.2. The fourth-order valence-corrected chi connectivity index (χ4v) is 2.73. The van der Waals surface area contributed by atoms with Crippen LogP contribution in [0.5, 0.6) is 0 Å². The fraction of sp³-hybridized carbons (Fsp3) is 0.727. The number of nitrogens with one attached hydrogen (secondary N) is 1. The Hall–Kier alpha value is -1.59. The Morgan fingerprint density at radius 2 is 2.18 bits per heavy atom. The molecule has 0 bridgehead atoms. The van der Waals surface area contributed by atoms with Gasteiger partial charge in [-0.1, -0.05) is 6.92 Å². The molecule has 1 aliphatic rings. The van der Waals surface area contributed by atoms with Crippen molar-refractivity contribution in [2.45, 2.75) is 25.7 Å². The minimum absolute atomic E-state index is 0.0258. The summed E-state index contributed by atoms with van der Waals surface area (Å²) in [7, 11) is 3.64. The van der Waals surface area contributed by atoms with Crippen molar-refractivity contribution in [1.29, 1.82) is 0 Å². The molecule has 1 aromatic rings. The minimum atomic E-state index is -0.728. The third-order valence-electron chi connectivity index (χ3n) is 3.58. The van der Waals surface area contributed by atoms with Crippen LogP contribution in [0.3, 0.4) is 0 Å². The summed E-state index contributed by atoms with van der Waals surface area (Å²) in [5.41, 5.74) is 0. The number of carbonyl (C=O) groups is 1. The Morgan fingerprint density at radius 3 is 2.71 bits per heavy atom. The summed E-state index contributed by atoms with van der Waals surface area (Å²) in [5.74, 6) is 0.777. The van der Waals surface area contributed by atoms with E-state index < -0.39 is 5.97 Å². The smallest absolute Gasteiger partial charge is 0.307 e. The number of hydrogen-bond acceptors (Lipinski definition) is 4. The topological polar surface area (TPSA) is 80.0 Å². The molecule has 1 heterocycles. The van der Waals surface area contributed by atoms with Crippen molar-refractivity contribution in [2.75, 3.05) is 12.4 Å². The largest absolute Gasteiger partial charge is 0.481 e. The molecule has 3 atom stereocenters. The van der Waals surface area contributed by atoms with Gasteiger partial charge in [0.2, 0.25) is 5.95 Å². The highest BCUT2D eigenvalue weighted by atomic mass is 16.4. The molecule has 1 aliphatic carbocycles. The lowest BCUT2D eigenvalue weighted by atomic mass is 9.95. The highest BCUT2D eigenvalue weighted by Crippen LogP contribution is 2.42. The van der Waals surface area contributed by atoms with Gasteiger partial charge in [-0.3, -0.25) is 4.79 Å². The second kappa shape index (κ2) is 4.35. The number of carboxylic acid groups (broad SMARTS) is 1. The summed E-state index contributed by atoms with van der Waals surface area (Å²) in [5, 5.41) is 20.3. The average molecular weight is 238 g/mol. The highest BCUT2D eigenvalue weighted by molar-refractivity contribution is 5.71. The van der Waals surface area contributed by atoms with Crippen molar-refractivity contribution in [3.63, 3.8) is 0 Å². The fourth-order valence-electron chi connectivity index (χ4n) is 2.73. The van der Waals surface area contributed by atoms with Crippen LogP contribution in [0.25, 0.3) is 0 Å². The zero-order valence-electron chi connectivity index (χ0n) is 10.3. The van der Waals surface area contributed by atoms with Gasteiger partial charge in [0.15, 0.2) is 0 Å². The number of anilines is 1. The summed E-state index contributed by atoms with van der Waals surface area (Å²) in [4.78, 5) is 11.2. The predicted molar refractivity (Wildman–Crippen MR) is 62.8 cm³/mol. The monoisotopic (exact) mass is 238 g/mol. The van der Waals surface area contributed by atoms with E-state index >= 15 is 0 Å². The second-order valence-corrected chi connectivity index (χ2v) is 4.82. The molecule has 6 nitrogen and oxygen atoms in total. The first kappa shape index (κ1) is 11.9. The van der Waals surface area contributed by atoms with Gasteiger partial charge in [0.05, 0.1) is 5.92 Å². The maximum absolute atomic E-state index is 11.2. The Bertz CT molecular complexity index is 429. The molecule has 3 unspecified atom stereocenters. The van der Waals surface area contributed by atoms with Gasteiger partial charge in [-0.15, -0.1) is 10.2 Å². The van der Waals surface area contributed by atoms with Gasteiger partial charge in [-0.05, 0) is 18.8 Å². The Morgan fingerprint density at radius 1 is 1.47 bits per heavy atom. The lowest BCUT2D eigenvalue weighted by Gasteiger charge is -2.14. The molecule has 0 saturated heterocycles. The molecular weight excluding hydrogens is 220 g/mol. The van der Waals surface area contributed by atoms with Crippen LogP contribution in [-0.4, -0.2) is 32.9 Å². The molecule has 0 radical (unpaired) electrons. The van der Waals surface area contributed by atoms with E-state index in [1.807, 2.05) is 11.6 Å². The van der Waals surface area contributed by atoms with Gasteiger partial charge in [-0.2, -0.15) is 0 Å². The maximum Gasteiger partial charge on any atom is 0.307 e. The molecule has 1 aromatic heterocycles. The van der Waals surface area contributed by atoms with Crippen LogP contribution < -0.4 is 5.32 Å². The summed E-state index contributed by atoms with van der Waals surface area (Å²) in [6.45, 7) is 2.09. The van der Waals surface area contributed by atoms with E-state index in [1.54, 1.807) is 7.05 Å². The summed E-state index contributed by atoms with van der Waals surface area (Å²) in [6, 6.07) is 0. The molecule has 6 heteroatoms. The molecule has 1 fully saturated rings. The predicted octanol–water partition coefficient (Wildman–Crippen LogP) is 1.07. The second-order valence-electron chi connectivity index (χ2n) is 4.82. The van der Waals surface area contributed by atoms with Crippen molar-refractivity contribution < 1.29 is 9.90 Å². The lowest BCUT2D eigenvalue weighted by Crippen LogP contribution is -2.19. The molecular formula is C11H18N4O2. The Kier molecular flexibility index (Phi) is 3.04. The summed E-state index contributed by atoms with van der Waals surface area (Å²) < 4.78 is 1.85. The third kappa shape index (κ3) is 1.99. The van der Waals surface area contributed by atoms with Crippen LogP contribution in [-0.2, 0) is 11.8 Å². The number of aliphatic carboxylic acids is 1. The van der Waals surface area contributed by atoms with Crippen LogP contribution >= 0.6 is 0 Å². The number of nitrogens with zero attached hydrogens (tertiary/aromatic N) is 3. The van der Waals surface area contributed by atoms with Gasteiger partial charge in [0.25, 0.3) is 0 Å². The highest BCUT2D eigenvalue weighted by Gasteiger charge is 2.40. The molecule has 0 aliphatic heterocycles. The molecule has 17 heavy (non-hydrogen) atoms.